The van der Waals surface area contributed by atoms with E-state index in [0.717, 1.165) is 30.6 Å². The molecule has 0 aromatic carbocycles. The first kappa shape index (κ1) is 21.1. The molecule has 0 amide bonds. The van der Waals surface area contributed by atoms with E-state index in [9.17, 15) is 4.79 Å². The lowest BCUT2D eigenvalue weighted by Crippen LogP contribution is -2.46. The molecule has 0 unspecified atom stereocenters. The zero-order valence-corrected chi connectivity index (χ0v) is 19.6. The van der Waals surface area contributed by atoms with Gasteiger partial charge in [-0.2, -0.15) is 0 Å². The van der Waals surface area contributed by atoms with E-state index in [2.05, 4.69) is 65.8 Å². The topological polar surface area (TPSA) is 17.1 Å². The van der Waals surface area contributed by atoms with E-state index >= 15 is 0 Å². The highest BCUT2D eigenvalue weighted by Gasteiger charge is 2.56. The van der Waals surface area contributed by atoms with Gasteiger partial charge in [-0.3, -0.25) is 4.79 Å². The van der Waals surface area contributed by atoms with Gasteiger partial charge in [0, 0.05) is 12.8 Å². The minimum atomic E-state index is 0.246. The second kappa shape index (κ2) is 7.54. The Hall–Kier alpha value is -1.11. The van der Waals surface area contributed by atoms with Crippen molar-refractivity contribution >= 4 is 5.78 Å². The smallest absolute Gasteiger partial charge is 0.136 e. The fourth-order valence-corrected chi connectivity index (χ4v) is 7.43. The molecule has 0 aromatic rings. The predicted octanol–water partition coefficient (Wildman–Crippen LogP) is 7.54. The summed E-state index contributed by atoms with van der Waals surface area (Å²) < 4.78 is 0. The summed E-state index contributed by atoms with van der Waals surface area (Å²) in [5, 5.41) is 0. The molecular formula is C28H42O. The van der Waals surface area contributed by atoms with Gasteiger partial charge in [0.15, 0.2) is 0 Å². The number of rotatable bonds is 4. The normalized spacial score (nSPS) is 41.5. The fourth-order valence-electron chi connectivity index (χ4n) is 7.43. The number of hydrogen-bond donors (Lipinski definition) is 0. The number of hydrogen-bond acceptors (Lipinski definition) is 1. The summed E-state index contributed by atoms with van der Waals surface area (Å²) in [6, 6.07) is 0. The van der Waals surface area contributed by atoms with E-state index < -0.39 is 0 Å². The lowest BCUT2D eigenvalue weighted by Gasteiger charge is -2.54. The number of Topliss-reactive ketones (excluding diaryl/α,β-unsaturated/α-hetero) is 1. The Morgan fingerprint density at radius 2 is 1.72 bits per heavy atom. The summed E-state index contributed by atoms with van der Waals surface area (Å²) >= 11 is 0. The third kappa shape index (κ3) is 3.41. The van der Waals surface area contributed by atoms with Crippen molar-refractivity contribution in [3.05, 3.63) is 35.5 Å². The van der Waals surface area contributed by atoms with Crippen LogP contribution in [-0.4, -0.2) is 5.78 Å². The molecule has 0 N–H and O–H groups in total. The van der Waals surface area contributed by atoms with Gasteiger partial charge in [-0.25, -0.2) is 0 Å². The minimum absolute atomic E-state index is 0.246. The van der Waals surface area contributed by atoms with Crippen LogP contribution >= 0.6 is 0 Å². The number of carbonyl (C=O) groups is 1. The van der Waals surface area contributed by atoms with Crippen LogP contribution in [0.5, 0.6) is 0 Å². The van der Waals surface area contributed by atoms with E-state index in [1.807, 2.05) is 0 Å². The van der Waals surface area contributed by atoms with Crippen LogP contribution in [0.3, 0.4) is 0 Å². The molecule has 0 aliphatic heterocycles. The summed E-state index contributed by atoms with van der Waals surface area (Å²) in [5.74, 6) is 4.73. The van der Waals surface area contributed by atoms with Gasteiger partial charge in [0.1, 0.15) is 5.78 Å². The van der Waals surface area contributed by atoms with Crippen LogP contribution in [0.1, 0.15) is 86.5 Å². The van der Waals surface area contributed by atoms with Gasteiger partial charge in [0.05, 0.1) is 0 Å². The molecule has 0 aromatic heterocycles. The van der Waals surface area contributed by atoms with Crippen molar-refractivity contribution in [3.8, 4) is 0 Å². The van der Waals surface area contributed by atoms with Crippen molar-refractivity contribution in [3.63, 3.8) is 0 Å². The molecule has 0 spiro atoms. The summed E-state index contributed by atoms with van der Waals surface area (Å²) in [5.41, 5.74) is 3.86. The van der Waals surface area contributed by atoms with Crippen molar-refractivity contribution in [1.29, 1.82) is 0 Å². The Labute approximate surface area is 179 Å². The van der Waals surface area contributed by atoms with Gasteiger partial charge in [-0.1, -0.05) is 77.0 Å². The maximum atomic E-state index is 12.1. The SMILES string of the molecule is CC(C)[C@H](C)/C=C\[C@H](C)[C@@H]1CC[C@@H]2C3=CC=C4CC(=O)CC[C@]4(C)[C@@H]3CC[C@]21C. The van der Waals surface area contributed by atoms with E-state index in [1.165, 1.54) is 31.3 Å². The average molecular weight is 395 g/mol. The second-order valence-corrected chi connectivity index (χ2v) is 11.7. The quantitative estimate of drug-likeness (QED) is 0.450. The van der Waals surface area contributed by atoms with E-state index in [4.69, 9.17) is 0 Å². The number of allylic oxidation sites excluding steroid dienone is 6. The van der Waals surface area contributed by atoms with Crippen molar-refractivity contribution in [2.75, 3.05) is 0 Å². The molecule has 29 heavy (non-hydrogen) atoms. The predicted molar refractivity (Wildman–Crippen MR) is 122 cm³/mol. The minimum Gasteiger partial charge on any atom is -0.299 e. The Morgan fingerprint density at radius 1 is 0.966 bits per heavy atom. The Bertz CT molecular complexity index is 752. The van der Waals surface area contributed by atoms with Crippen LogP contribution in [-0.2, 0) is 4.79 Å². The maximum absolute atomic E-state index is 12.1. The zero-order chi connectivity index (χ0) is 21.0. The Kier molecular flexibility index (Phi) is 5.50. The number of ketones is 1. The number of fused-ring (bicyclic) bond motifs is 5. The molecule has 1 heteroatoms. The molecule has 0 heterocycles. The van der Waals surface area contributed by atoms with Crippen molar-refractivity contribution in [2.45, 2.75) is 86.5 Å². The zero-order valence-electron chi connectivity index (χ0n) is 19.6. The van der Waals surface area contributed by atoms with Crippen LogP contribution in [0.25, 0.3) is 0 Å². The third-order valence-corrected chi connectivity index (χ3v) is 9.88. The first-order chi connectivity index (χ1) is 13.7. The highest BCUT2D eigenvalue weighted by Crippen LogP contribution is 2.65. The first-order valence-electron chi connectivity index (χ1n) is 12.3. The van der Waals surface area contributed by atoms with Gasteiger partial charge in [-0.15, -0.1) is 0 Å². The largest absolute Gasteiger partial charge is 0.299 e. The van der Waals surface area contributed by atoms with Gasteiger partial charge < -0.3 is 0 Å². The lowest BCUT2D eigenvalue weighted by molar-refractivity contribution is -0.120. The molecule has 0 saturated heterocycles. The molecule has 4 rings (SSSR count). The highest BCUT2D eigenvalue weighted by molar-refractivity contribution is 5.83. The van der Waals surface area contributed by atoms with Crippen LogP contribution in [0.4, 0.5) is 0 Å². The van der Waals surface area contributed by atoms with Crippen LogP contribution < -0.4 is 0 Å². The average Bonchev–Trinajstić information content (AvgIpc) is 3.03. The van der Waals surface area contributed by atoms with Gasteiger partial charge in [0.25, 0.3) is 0 Å². The Balaban J connectivity index is 1.57. The maximum Gasteiger partial charge on any atom is 0.136 e. The first-order valence-corrected chi connectivity index (χ1v) is 12.3. The molecule has 0 bridgehead atoms. The fraction of sp³-hybridized carbons (Fsp3) is 0.750. The van der Waals surface area contributed by atoms with E-state index in [1.54, 1.807) is 5.57 Å². The monoisotopic (exact) mass is 394 g/mol. The highest BCUT2D eigenvalue weighted by atomic mass is 16.1. The molecule has 3 saturated carbocycles. The molecular weight excluding hydrogens is 352 g/mol. The van der Waals surface area contributed by atoms with Gasteiger partial charge in [-0.05, 0) is 78.4 Å². The molecule has 4 aliphatic carbocycles. The molecule has 7 atom stereocenters. The Morgan fingerprint density at radius 3 is 2.45 bits per heavy atom. The second-order valence-electron chi connectivity index (χ2n) is 11.7. The van der Waals surface area contributed by atoms with Crippen LogP contribution in [0.15, 0.2) is 35.5 Å². The molecule has 1 nitrogen and oxygen atoms in total. The molecule has 3 fully saturated rings. The molecule has 160 valence electrons. The molecule has 0 radical (unpaired) electrons. The van der Waals surface area contributed by atoms with Gasteiger partial charge >= 0.3 is 0 Å². The van der Waals surface area contributed by atoms with Gasteiger partial charge in [0.2, 0.25) is 0 Å². The van der Waals surface area contributed by atoms with E-state index in [-0.39, 0.29) is 5.41 Å². The number of carbonyl (C=O) groups excluding carboxylic acids is 1. The van der Waals surface area contributed by atoms with Crippen LogP contribution in [0.2, 0.25) is 0 Å². The standard InChI is InChI=1S/C28H42O/c1-18(2)19(3)7-8-20(4)24-11-12-25-23-10-9-21-17-22(29)13-15-27(21,5)26(23)14-16-28(24,25)6/h7-10,18-20,24-26H,11-17H2,1-6H3/b8-7-/t19-,20+,24+,25-,26-,27+,28+/m1/s1. The van der Waals surface area contributed by atoms with Crippen molar-refractivity contribution in [2.24, 2.45) is 46.3 Å². The third-order valence-electron chi connectivity index (χ3n) is 9.88. The van der Waals surface area contributed by atoms with Crippen LogP contribution in [0, 0.1) is 46.3 Å². The summed E-state index contributed by atoms with van der Waals surface area (Å²) in [6.45, 7) is 14.5. The van der Waals surface area contributed by atoms with Crippen molar-refractivity contribution < 1.29 is 4.79 Å². The van der Waals surface area contributed by atoms with Crippen molar-refractivity contribution in [1.82, 2.24) is 0 Å². The summed E-state index contributed by atoms with van der Waals surface area (Å²) in [4.78, 5) is 12.1. The summed E-state index contributed by atoms with van der Waals surface area (Å²) in [7, 11) is 0. The lowest BCUT2D eigenvalue weighted by atomic mass is 9.50. The van der Waals surface area contributed by atoms with E-state index in [0.29, 0.717) is 35.4 Å². The summed E-state index contributed by atoms with van der Waals surface area (Å²) in [6.07, 6.45) is 17.8. The molecule has 4 aliphatic rings.